The topological polar surface area (TPSA) is 68.5 Å². The van der Waals surface area contributed by atoms with Crippen LogP contribution in [0.5, 0.6) is 0 Å². The van der Waals surface area contributed by atoms with Gasteiger partial charge in [0.2, 0.25) is 0 Å². The first-order chi connectivity index (χ1) is 8.74. The van der Waals surface area contributed by atoms with E-state index in [1.165, 1.54) is 0 Å². The van der Waals surface area contributed by atoms with Crippen molar-refractivity contribution in [3.05, 3.63) is 20.9 Å². The van der Waals surface area contributed by atoms with Gasteiger partial charge in [0.05, 0.1) is 0 Å². The first-order valence-electron chi connectivity index (χ1n) is 5.46. The summed E-state index contributed by atoms with van der Waals surface area (Å²) in [7, 11) is 0. The maximum absolute atomic E-state index is 11.6. The lowest BCUT2D eigenvalue weighted by molar-refractivity contribution is 0.0634. The van der Waals surface area contributed by atoms with Crippen molar-refractivity contribution in [1.82, 2.24) is 14.6 Å². The molecule has 0 aromatic carbocycles. The Hall–Kier alpha value is -1.09. The van der Waals surface area contributed by atoms with Gasteiger partial charge < -0.3 is 4.74 Å². The highest BCUT2D eigenvalue weighted by Crippen LogP contribution is 2.18. The molecule has 0 spiro atoms. The standard InChI is InChI=1S/C11H12ClIN4O2/c1-11(2,3)19-10(18)15-9-14-8-5-6(12)4-7(13)17(8)16-9/h4-5H,1-3H3,(H,15,16,18). The summed E-state index contributed by atoms with van der Waals surface area (Å²) in [5, 5.41) is 7.20. The summed E-state index contributed by atoms with van der Waals surface area (Å²) in [6.45, 7) is 5.35. The van der Waals surface area contributed by atoms with Crippen molar-refractivity contribution in [2.45, 2.75) is 26.4 Å². The number of nitrogens with one attached hydrogen (secondary N) is 1. The minimum atomic E-state index is -0.593. The first-order valence-corrected chi connectivity index (χ1v) is 6.92. The minimum Gasteiger partial charge on any atom is -0.444 e. The average molecular weight is 395 g/mol. The third kappa shape index (κ3) is 3.69. The number of hydrogen-bond acceptors (Lipinski definition) is 4. The summed E-state index contributed by atoms with van der Waals surface area (Å²) in [5.74, 6) is 0.175. The summed E-state index contributed by atoms with van der Waals surface area (Å²) < 4.78 is 7.50. The molecule has 19 heavy (non-hydrogen) atoms. The number of carbonyl (C=O) groups excluding carboxylic acids is 1. The van der Waals surface area contributed by atoms with E-state index in [-0.39, 0.29) is 5.95 Å². The van der Waals surface area contributed by atoms with Crippen LogP contribution >= 0.6 is 34.2 Å². The second kappa shape index (κ2) is 5.12. The molecule has 0 fully saturated rings. The van der Waals surface area contributed by atoms with Gasteiger partial charge in [0.15, 0.2) is 5.65 Å². The van der Waals surface area contributed by atoms with E-state index in [4.69, 9.17) is 16.3 Å². The summed E-state index contributed by atoms with van der Waals surface area (Å²) in [6.07, 6.45) is -0.593. The van der Waals surface area contributed by atoms with Crippen molar-refractivity contribution in [2.24, 2.45) is 0 Å². The summed E-state index contributed by atoms with van der Waals surface area (Å²) >= 11 is 8.01. The molecular weight excluding hydrogens is 383 g/mol. The molecule has 0 aliphatic rings. The number of halogens is 2. The third-order valence-corrected chi connectivity index (χ3v) is 2.96. The second-order valence-corrected chi connectivity index (χ2v) is 6.37. The molecule has 2 heterocycles. The van der Waals surface area contributed by atoms with Crippen LogP contribution in [-0.4, -0.2) is 26.3 Å². The number of fused-ring (bicyclic) bond motifs is 1. The van der Waals surface area contributed by atoms with Crippen molar-refractivity contribution < 1.29 is 9.53 Å². The second-order valence-electron chi connectivity index (χ2n) is 4.83. The van der Waals surface area contributed by atoms with Crippen molar-refractivity contribution in [2.75, 3.05) is 5.32 Å². The Morgan fingerprint density at radius 1 is 1.47 bits per heavy atom. The summed E-state index contributed by atoms with van der Waals surface area (Å²) in [4.78, 5) is 15.8. The Labute approximate surface area is 128 Å². The molecule has 0 bridgehead atoms. The summed E-state index contributed by atoms with van der Waals surface area (Å²) in [6, 6.07) is 3.41. The third-order valence-electron chi connectivity index (χ3n) is 1.97. The Kier molecular flexibility index (Phi) is 3.86. The number of nitrogens with zero attached hydrogens (tertiary/aromatic N) is 3. The number of ether oxygens (including phenoxy) is 1. The number of anilines is 1. The molecule has 1 amide bonds. The van der Waals surface area contributed by atoms with E-state index in [9.17, 15) is 4.79 Å². The quantitative estimate of drug-likeness (QED) is 0.595. The molecule has 0 atom stereocenters. The fourth-order valence-corrected chi connectivity index (χ4v) is 2.44. The van der Waals surface area contributed by atoms with E-state index >= 15 is 0 Å². The van der Waals surface area contributed by atoms with Gasteiger partial charge in [-0.1, -0.05) is 11.6 Å². The lowest BCUT2D eigenvalue weighted by atomic mass is 10.2. The van der Waals surface area contributed by atoms with Crippen LogP contribution in [0.2, 0.25) is 5.02 Å². The highest BCUT2D eigenvalue weighted by atomic mass is 127. The smallest absolute Gasteiger partial charge is 0.414 e. The average Bonchev–Trinajstić information content (AvgIpc) is 2.56. The molecule has 1 N–H and O–H groups in total. The van der Waals surface area contributed by atoms with Gasteiger partial charge in [-0.3, -0.25) is 5.32 Å². The van der Waals surface area contributed by atoms with Gasteiger partial charge in [0.1, 0.15) is 9.30 Å². The van der Waals surface area contributed by atoms with Crippen molar-refractivity contribution in [3.63, 3.8) is 0 Å². The molecule has 2 aromatic rings. The lowest BCUT2D eigenvalue weighted by Gasteiger charge is -2.18. The molecule has 0 aliphatic heterocycles. The zero-order chi connectivity index (χ0) is 14.2. The molecule has 8 heteroatoms. The van der Waals surface area contributed by atoms with E-state index in [1.807, 2.05) is 0 Å². The highest BCUT2D eigenvalue weighted by molar-refractivity contribution is 14.1. The number of aromatic nitrogens is 3. The number of amides is 1. The van der Waals surface area contributed by atoms with Crippen LogP contribution in [0.25, 0.3) is 5.65 Å². The van der Waals surface area contributed by atoms with Crippen LogP contribution in [0.4, 0.5) is 10.7 Å². The summed E-state index contributed by atoms with van der Waals surface area (Å²) in [5.41, 5.74) is -0.0102. The maximum atomic E-state index is 11.6. The van der Waals surface area contributed by atoms with Crippen molar-refractivity contribution >= 4 is 51.9 Å². The monoisotopic (exact) mass is 394 g/mol. The zero-order valence-corrected chi connectivity index (χ0v) is 13.5. The van der Waals surface area contributed by atoms with Gasteiger partial charge in [0.25, 0.3) is 5.95 Å². The van der Waals surface area contributed by atoms with E-state index in [0.717, 1.165) is 3.70 Å². The largest absolute Gasteiger partial charge is 0.444 e. The van der Waals surface area contributed by atoms with Crippen LogP contribution in [0.1, 0.15) is 20.8 Å². The van der Waals surface area contributed by atoms with Gasteiger partial charge in [-0.05, 0) is 49.4 Å². The zero-order valence-electron chi connectivity index (χ0n) is 10.6. The number of hydrogen-bond donors (Lipinski definition) is 1. The predicted octanol–water partition coefficient (Wildman–Crippen LogP) is 3.33. The van der Waals surface area contributed by atoms with Gasteiger partial charge in [-0.2, -0.15) is 4.98 Å². The Morgan fingerprint density at radius 2 is 2.16 bits per heavy atom. The Balaban J connectivity index is 2.23. The molecule has 0 saturated carbocycles. The fourth-order valence-electron chi connectivity index (χ4n) is 1.36. The Morgan fingerprint density at radius 3 is 2.79 bits per heavy atom. The number of rotatable bonds is 1. The molecule has 102 valence electrons. The lowest BCUT2D eigenvalue weighted by Crippen LogP contribution is -2.27. The van der Waals surface area contributed by atoms with Crippen molar-refractivity contribution in [1.29, 1.82) is 0 Å². The van der Waals surface area contributed by atoms with E-state index < -0.39 is 11.7 Å². The van der Waals surface area contributed by atoms with Crippen LogP contribution in [0.15, 0.2) is 12.1 Å². The van der Waals surface area contributed by atoms with Crippen molar-refractivity contribution in [3.8, 4) is 0 Å². The molecule has 2 rings (SSSR count). The van der Waals surface area contributed by atoms with Gasteiger partial charge in [-0.15, -0.1) is 5.10 Å². The first kappa shape index (κ1) is 14.3. The fraction of sp³-hybridized carbons (Fsp3) is 0.364. The Bertz CT molecular complexity index is 635. The van der Waals surface area contributed by atoms with E-state index in [0.29, 0.717) is 10.7 Å². The molecule has 6 nitrogen and oxygen atoms in total. The predicted molar refractivity (Wildman–Crippen MR) is 80.6 cm³/mol. The van der Waals surface area contributed by atoms with Crippen LogP contribution < -0.4 is 5.32 Å². The maximum Gasteiger partial charge on any atom is 0.414 e. The molecule has 0 unspecified atom stereocenters. The van der Waals surface area contributed by atoms with Crippen LogP contribution in [-0.2, 0) is 4.74 Å². The normalized spacial score (nSPS) is 11.6. The molecule has 0 aliphatic carbocycles. The number of carbonyl (C=O) groups is 1. The van der Waals surface area contributed by atoms with Gasteiger partial charge >= 0.3 is 6.09 Å². The molecule has 0 radical (unpaired) electrons. The molecule has 0 saturated heterocycles. The van der Waals surface area contributed by atoms with Gasteiger partial charge in [-0.25, -0.2) is 9.31 Å². The highest BCUT2D eigenvalue weighted by Gasteiger charge is 2.18. The van der Waals surface area contributed by atoms with Crippen LogP contribution in [0, 0.1) is 3.70 Å². The van der Waals surface area contributed by atoms with E-state index in [2.05, 4.69) is 38.0 Å². The van der Waals surface area contributed by atoms with Gasteiger partial charge in [0, 0.05) is 11.1 Å². The number of pyridine rings is 1. The van der Waals surface area contributed by atoms with E-state index in [1.54, 1.807) is 37.4 Å². The minimum absolute atomic E-state index is 0.175. The SMILES string of the molecule is CC(C)(C)OC(=O)Nc1nc2cc(Cl)cc(I)n2n1. The molecular formula is C11H12ClIN4O2. The molecule has 2 aromatic heterocycles. The van der Waals surface area contributed by atoms with Crippen LogP contribution in [0.3, 0.4) is 0 Å².